The predicted octanol–water partition coefficient (Wildman–Crippen LogP) is 3.82. The number of halogens is 1. The van der Waals surface area contributed by atoms with Crippen LogP contribution in [0.3, 0.4) is 0 Å². The summed E-state index contributed by atoms with van der Waals surface area (Å²) in [5, 5.41) is 2.56. The highest BCUT2D eigenvalue weighted by atomic mass is 79.9. The van der Waals surface area contributed by atoms with Crippen molar-refractivity contribution in [2.45, 2.75) is 24.4 Å². The Balaban J connectivity index is 1.99. The third-order valence-corrected chi connectivity index (χ3v) is 7.97. The molecule has 3 aromatic carbocycles. The van der Waals surface area contributed by atoms with Crippen LogP contribution >= 0.6 is 15.9 Å². The summed E-state index contributed by atoms with van der Waals surface area (Å²) in [7, 11) is -1.13. The molecule has 3 rings (SSSR count). The second kappa shape index (κ2) is 12.0. The van der Waals surface area contributed by atoms with Gasteiger partial charge in [0.25, 0.3) is 10.0 Å². The number of carbonyl (C=O) groups is 2. The van der Waals surface area contributed by atoms with E-state index >= 15 is 0 Å². The number of amides is 2. The van der Waals surface area contributed by atoms with Gasteiger partial charge in [0.05, 0.1) is 17.7 Å². The van der Waals surface area contributed by atoms with Crippen LogP contribution in [0, 0.1) is 0 Å². The van der Waals surface area contributed by atoms with Gasteiger partial charge in [0.1, 0.15) is 18.3 Å². The highest BCUT2D eigenvalue weighted by Gasteiger charge is 2.32. The lowest BCUT2D eigenvalue weighted by molar-refractivity contribution is -0.139. The lowest BCUT2D eigenvalue weighted by Gasteiger charge is -2.31. The lowest BCUT2D eigenvalue weighted by Crippen LogP contribution is -2.50. The summed E-state index contributed by atoms with van der Waals surface area (Å²) in [5.41, 5.74) is 1.13. The maximum Gasteiger partial charge on any atom is 0.264 e. The van der Waals surface area contributed by atoms with Crippen LogP contribution in [-0.4, -0.2) is 51.9 Å². The normalized spacial score (nSPS) is 11.9. The van der Waals surface area contributed by atoms with Crippen LogP contribution in [0.1, 0.15) is 12.5 Å². The molecule has 0 radical (unpaired) electrons. The number of likely N-dealkylation sites (N-methyl/N-ethyl adjacent to an activating group) is 1. The molecule has 0 heterocycles. The van der Waals surface area contributed by atoms with E-state index in [-0.39, 0.29) is 17.3 Å². The number of para-hydroxylation sites is 1. The van der Waals surface area contributed by atoms with Crippen molar-refractivity contribution in [2.24, 2.45) is 0 Å². The number of anilines is 1. The zero-order valence-electron chi connectivity index (χ0n) is 20.2. The van der Waals surface area contributed by atoms with Crippen molar-refractivity contribution in [3.63, 3.8) is 0 Å². The molecule has 0 spiro atoms. The first-order chi connectivity index (χ1) is 17.2. The van der Waals surface area contributed by atoms with E-state index < -0.39 is 28.5 Å². The van der Waals surface area contributed by atoms with Crippen LogP contribution in [0.5, 0.6) is 5.75 Å². The molecule has 0 fully saturated rings. The number of hydrogen-bond acceptors (Lipinski definition) is 5. The van der Waals surface area contributed by atoms with Gasteiger partial charge in [-0.15, -0.1) is 0 Å². The molecule has 0 saturated carbocycles. The first-order valence-electron chi connectivity index (χ1n) is 11.1. The Kier molecular flexibility index (Phi) is 9.11. The van der Waals surface area contributed by atoms with Crippen molar-refractivity contribution in [1.29, 1.82) is 0 Å². The number of ether oxygens (including phenoxy) is 1. The largest absolute Gasteiger partial charge is 0.497 e. The van der Waals surface area contributed by atoms with E-state index in [0.717, 1.165) is 14.3 Å². The maximum atomic E-state index is 13.7. The minimum atomic E-state index is -4.11. The summed E-state index contributed by atoms with van der Waals surface area (Å²) in [6.45, 7) is 1.25. The van der Waals surface area contributed by atoms with Crippen LogP contribution in [0.15, 0.2) is 88.2 Å². The number of benzene rings is 3. The average molecular weight is 574 g/mol. The number of nitrogens with one attached hydrogen (secondary N) is 1. The molecule has 190 valence electrons. The molecule has 0 aliphatic heterocycles. The van der Waals surface area contributed by atoms with Crippen molar-refractivity contribution < 1.29 is 22.7 Å². The van der Waals surface area contributed by atoms with E-state index in [1.165, 1.54) is 31.2 Å². The highest BCUT2D eigenvalue weighted by molar-refractivity contribution is 9.10. The standard InChI is InChI=1S/C26H28BrN3O5S/c1-19(26(32)28-2)29(17-20-9-11-21(27)12-10-20)25(31)18-30(22-7-5-4-6-8-22)36(33,34)24-15-13-23(35-3)14-16-24/h4-16,19H,17-18H2,1-3H3,(H,28,32)/t19-/m1/s1. The first kappa shape index (κ1) is 27.2. The minimum absolute atomic E-state index is 0.0127. The molecule has 1 atom stereocenters. The van der Waals surface area contributed by atoms with E-state index in [9.17, 15) is 18.0 Å². The topological polar surface area (TPSA) is 96.0 Å². The molecule has 3 aromatic rings. The summed E-state index contributed by atoms with van der Waals surface area (Å²) in [6.07, 6.45) is 0. The number of carbonyl (C=O) groups excluding carboxylic acids is 2. The fourth-order valence-corrected chi connectivity index (χ4v) is 5.25. The number of sulfonamides is 1. The summed E-state index contributed by atoms with van der Waals surface area (Å²) in [6, 6.07) is 20.9. The van der Waals surface area contributed by atoms with Gasteiger partial charge < -0.3 is 15.0 Å². The molecule has 0 aromatic heterocycles. The lowest BCUT2D eigenvalue weighted by atomic mass is 10.1. The van der Waals surface area contributed by atoms with E-state index in [0.29, 0.717) is 11.4 Å². The highest BCUT2D eigenvalue weighted by Crippen LogP contribution is 2.26. The molecule has 0 unspecified atom stereocenters. The molecule has 0 bridgehead atoms. The van der Waals surface area contributed by atoms with Crippen molar-refractivity contribution in [3.8, 4) is 5.75 Å². The van der Waals surface area contributed by atoms with E-state index in [4.69, 9.17) is 4.74 Å². The second-order valence-electron chi connectivity index (χ2n) is 7.96. The van der Waals surface area contributed by atoms with E-state index in [1.807, 2.05) is 24.3 Å². The maximum absolute atomic E-state index is 13.7. The number of methoxy groups -OCH3 is 1. The van der Waals surface area contributed by atoms with Gasteiger partial charge in [0.15, 0.2) is 0 Å². The molecular formula is C26H28BrN3O5S. The Morgan fingerprint density at radius 3 is 2.14 bits per heavy atom. The fraction of sp³-hybridized carbons (Fsp3) is 0.231. The van der Waals surface area contributed by atoms with Crippen LogP contribution in [0.4, 0.5) is 5.69 Å². The first-order valence-corrected chi connectivity index (χ1v) is 13.4. The third-order valence-electron chi connectivity index (χ3n) is 5.65. The van der Waals surface area contributed by atoms with Gasteiger partial charge in [0.2, 0.25) is 11.8 Å². The Bertz CT molecular complexity index is 1280. The van der Waals surface area contributed by atoms with E-state index in [1.54, 1.807) is 49.4 Å². The van der Waals surface area contributed by atoms with Crippen molar-refractivity contribution >= 4 is 43.5 Å². The summed E-state index contributed by atoms with van der Waals surface area (Å²) >= 11 is 3.39. The Labute approximate surface area is 220 Å². The van der Waals surface area contributed by atoms with Crippen molar-refractivity contribution in [1.82, 2.24) is 10.2 Å². The average Bonchev–Trinajstić information content (AvgIpc) is 2.90. The monoisotopic (exact) mass is 573 g/mol. The second-order valence-corrected chi connectivity index (χ2v) is 10.7. The molecule has 0 saturated heterocycles. The zero-order valence-corrected chi connectivity index (χ0v) is 22.6. The molecule has 10 heteroatoms. The van der Waals surface area contributed by atoms with Crippen LogP contribution in [0.25, 0.3) is 0 Å². The number of nitrogens with zero attached hydrogens (tertiary/aromatic N) is 2. The SMILES string of the molecule is CNC(=O)[C@@H](C)N(Cc1ccc(Br)cc1)C(=O)CN(c1ccccc1)S(=O)(=O)c1ccc(OC)cc1. The smallest absolute Gasteiger partial charge is 0.264 e. The van der Waals surface area contributed by atoms with Gasteiger partial charge in [-0.2, -0.15) is 0 Å². The molecule has 8 nitrogen and oxygen atoms in total. The summed E-state index contributed by atoms with van der Waals surface area (Å²) in [4.78, 5) is 27.5. The van der Waals surface area contributed by atoms with Gasteiger partial charge in [-0.3, -0.25) is 13.9 Å². The van der Waals surface area contributed by atoms with Crippen molar-refractivity contribution in [2.75, 3.05) is 25.0 Å². The van der Waals surface area contributed by atoms with Gasteiger partial charge >= 0.3 is 0 Å². The van der Waals surface area contributed by atoms with Crippen LogP contribution in [0.2, 0.25) is 0 Å². The fourth-order valence-electron chi connectivity index (χ4n) is 3.58. The minimum Gasteiger partial charge on any atom is -0.497 e. The van der Waals surface area contributed by atoms with Crippen LogP contribution in [-0.2, 0) is 26.2 Å². The summed E-state index contributed by atoms with van der Waals surface area (Å²) < 4.78 is 34.4. The Morgan fingerprint density at radius 1 is 0.972 bits per heavy atom. The Hall–Kier alpha value is -3.37. The molecule has 1 N–H and O–H groups in total. The van der Waals surface area contributed by atoms with Gasteiger partial charge in [-0.25, -0.2) is 8.42 Å². The molecule has 2 amide bonds. The van der Waals surface area contributed by atoms with E-state index in [2.05, 4.69) is 21.2 Å². The third kappa shape index (κ3) is 6.44. The molecule has 0 aliphatic rings. The van der Waals surface area contributed by atoms with Crippen LogP contribution < -0.4 is 14.4 Å². The molecular weight excluding hydrogens is 546 g/mol. The zero-order chi connectivity index (χ0) is 26.3. The Morgan fingerprint density at radius 2 is 1.58 bits per heavy atom. The van der Waals surface area contributed by atoms with Gasteiger partial charge in [-0.05, 0) is 61.0 Å². The number of hydrogen-bond donors (Lipinski definition) is 1. The number of rotatable bonds is 10. The predicted molar refractivity (Wildman–Crippen MR) is 142 cm³/mol. The molecule has 36 heavy (non-hydrogen) atoms. The van der Waals surface area contributed by atoms with Gasteiger partial charge in [-0.1, -0.05) is 46.3 Å². The van der Waals surface area contributed by atoms with Crippen molar-refractivity contribution in [3.05, 3.63) is 88.9 Å². The quantitative estimate of drug-likeness (QED) is 0.398. The summed E-state index contributed by atoms with van der Waals surface area (Å²) in [5.74, 6) is -0.365. The molecule has 0 aliphatic carbocycles. The van der Waals surface area contributed by atoms with Gasteiger partial charge in [0, 0.05) is 18.1 Å².